The minimum absolute atomic E-state index is 0.347. The Hall–Kier alpha value is -2.21. The third-order valence-electron chi connectivity index (χ3n) is 4.21. The van der Waals surface area contributed by atoms with E-state index in [0.717, 1.165) is 28.9 Å². The average molecular weight is 286 g/mol. The highest BCUT2D eigenvalue weighted by atomic mass is 19.1. The number of nitrogens with zero attached hydrogens (tertiary/aromatic N) is 2. The van der Waals surface area contributed by atoms with Crippen molar-refractivity contribution in [2.24, 2.45) is 5.10 Å². The maximum Gasteiger partial charge on any atom is 0.272 e. The van der Waals surface area contributed by atoms with Gasteiger partial charge in [-0.15, -0.1) is 0 Å². The number of rotatable bonds is 1. The van der Waals surface area contributed by atoms with Crippen LogP contribution in [0.3, 0.4) is 0 Å². The molecule has 0 atom stereocenters. The second kappa shape index (κ2) is 4.14. The normalized spacial score (nSPS) is 17.9. The van der Waals surface area contributed by atoms with E-state index in [4.69, 9.17) is 0 Å². The molecular weight excluding hydrogens is 271 g/mol. The summed E-state index contributed by atoms with van der Waals surface area (Å²) in [4.78, 5) is 17.7. The molecule has 5 nitrogen and oxygen atoms in total. The Morgan fingerprint density at radius 1 is 1.33 bits per heavy atom. The van der Waals surface area contributed by atoms with Gasteiger partial charge in [-0.2, -0.15) is 5.10 Å². The van der Waals surface area contributed by atoms with Crippen LogP contribution in [-0.2, 0) is 6.54 Å². The Morgan fingerprint density at radius 2 is 2.14 bits per heavy atom. The van der Waals surface area contributed by atoms with E-state index in [2.05, 4.69) is 34.3 Å². The van der Waals surface area contributed by atoms with Gasteiger partial charge in [-0.3, -0.25) is 9.69 Å². The molecule has 2 aliphatic rings. The molecule has 4 rings (SSSR count). The van der Waals surface area contributed by atoms with Crippen molar-refractivity contribution in [2.45, 2.75) is 26.4 Å². The van der Waals surface area contributed by atoms with Crippen molar-refractivity contribution < 1.29 is 9.18 Å². The number of nitrogens with one attached hydrogen (secondary N) is 2. The number of hydrogen-bond donors (Lipinski definition) is 2. The zero-order valence-corrected chi connectivity index (χ0v) is 11.8. The van der Waals surface area contributed by atoms with Crippen molar-refractivity contribution in [1.82, 2.24) is 15.3 Å². The Labute approximate surface area is 120 Å². The first-order valence-electron chi connectivity index (χ1n) is 7.00. The van der Waals surface area contributed by atoms with Crippen LogP contribution in [0.15, 0.2) is 17.2 Å². The molecule has 2 N–H and O–H groups in total. The van der Waals surface area contributed by atoms with Gasteiger partial charge in [0.1, 0.15) is 5.82 Å². The van der Waals surface area contributed by atoms with Crippen molar-refractivity contribution >= 4 is 22.5 Å². The van der Waals surface area contributed by atoms with E-state index in [9.17, 15) is 9.18 Å². The summed E-state index contributed by atoms with van der Waals surface area (Å²) in [5.74, 6) is -0.783. The number of carbonyl (C=O) groups excluding carboxylic acids is 1. The zero-order chi connectivity index (χ0) is 14.7. The van der Waals surface area contributed by atoms with Crippen molar-refractivity contribution in [1.29, 1.82) is 0 Å². The number of benzene rings is 1. The molecule has 0 aliphatic carbocycles. The van der Waals surface area contributed by atoms with Crippen LogP contribution in [0.2, 0.25) is 0 Å². The van der Waals surface area contributed by atoms with Crippen LogP contribution in [-0.4, -0.2) is 34.1 Å². The van der Waals surface area contributed by atoms with Crippen LogP contribution in [0, 0.1) is 5.82 Å². The predicted octanol–water partition coefficient (Wildman–Crippen LogP) is 1.98. The van der Waals surface area contributed by atoms with Gasteiger partial charge in [-0.1, -0.05) is 0 Å². The number of aromatic amines is 1. The lowest BCUT2D eigenvalue weighted by Gasteiger charge is -2.30. The van der Waals surface area contributed by atoms with E-state index in [-0.39, 0.29) is 5.91 Å². The van der Waals surface area contributed by atoms with Crippen LogP contribution in [0.1, 0.15) is 35.5 Å². The molecule has 1 aromatic heterocycles. The van der Waals surface area contributed by atoms with Crippen molar-refractivity contribution in [3.05, 3.63) is 34.8 Å². The summed E-state index contributed by atoms with van der Waals surface area (Å²) in [6.45, 7) is 5.66. The van der Waals surface area contributed by atoms with E-state index in [1.807, 2.05) is 0 Å². The van der Waals surface area contributed by atoms with Gasteiger partial charge in [0.15, 0.2) is 0 Å². The molecule has 0 spiro atoms. The summed E-state index contributed by atoms with van der Waals surface area (Å²) >= 11 is 0. The molecule has 0 fully saturated rings. The Bertz CT molecular complexity index is 806. The van der Waals surface area contributed by atoms with Gasteiger partial charge in [0.05, 0.1) is 16.8 Å². The number of amides is 1. The third kappa shape index (κ3) is 1.72. The van der Waals surface area contributed by atoms with Crippen LogP contribution < -0.4 is 5.43 Å². The third-order valence-corrected chi connectivity index (χ3v) is 4.21. The highest BCUT2D eigenvalue weighted by Crippen LogP contribution is 2.33. The van der Waals surface area contributed by atoms with Gasteiger partial charge in [0.2, 0.25) is 0 Å². The van der Waals surface area contributed by atoms with Gasteiger partial charge in [-0.05, 0) is 26.0 Å². The molecule has 0 saturated heterocycles. The Morgan fingerprint density at radius 3 is 2.90 bits per heavy atom. The molecule has 0 bridgehead atoms. The fourth-order valence-electron chi connectivity index (χ4n) is 3.13. The summed E-state index contributed by atoms with van der Waals surface area (Å²) in [7, 11) is 0. The molecule has 108 valence electrons. The van der Waals surface area contributed by atoms with E-state index in [1.54, 1.807) is 0 Å². The highest BCUT2D eigenvalue weighted by Gasteiger charge is 2.31. The molecule has 1 aromatic carbocycles. The topological polar surface area (TPSA) is 60.5 Å². The average Bonchev–Trinajstić information content (AvgIpc) is 2.73. The number of H-pyrrole nitrogens is 1. The maximum absolute atomic E-state index is 13.7. The van der Waals surface area contributed by atoms with E-state index >= 15 is 0 Å². The highest BCUT2D eigenvalue weighted by molar-refractivity contribution is 6.21. The van der Waals surface area contributed by atoms with Gasteiger partial charge >= 0.3 is 0 Å². The molecule has 6 heteroatoms. The summed E-state index contributed by atoms with van der Waals surface area (Å²) in [5, 5.41) is 5.02. The SMILES string of the molecule is CC(C)N1CC2=NNC(=O)c3cc(F)cc4[nH]c(c2c34)C1. The number of carbonyl (C=O) groups is 1. The summed E-state index contributed by atoms with van der Waals surface area (Å²) in [6, 6.07) is 3.08. The van der Waals surface area contributed by atoms with Crippen molar-refractivity contribution in [3.8, 4) is 0 Å². The molecule has 0 saturated carbocycles. The van der Waals surface area contributed by atoms with Gasteiger partial charge < -0.3 is 4.98 Å². The van der Waals surface area contributed by atoms with E-state index in [0.29, 0.717) is 23.7 Å². The summed E-state index contributed by atoms with van der Waals surface area (Å²) < 4.78 is 13.7. The molecule has 0 radical (unpaired) electrons. The Balaban J connectivity index is 2.04. The molecule has 3 heterocycles. The lowest BCUT2D eigenvalue weighted by molar-refractivity contribution is 0.0956. The maximum atomic E-state index is 13.7. The van der Waals surface area contributed by atoms with Gasteiger partial charge in [0.25, 0.3) is 5.91 Å². The molecule has 21 heavy (non-hydrogen) atoms. The first-order valence-corrected chi connectivity index (χ1v) is 7.00. The standard InChI is InChI=1S/C15H15FN4O/c1-7(2)20-5-11-14-12(6-20)18-19-15(21)9-3-8(16)4-10(17-11)13(9)14/h3-4,7,17H,5-6H2,1-2H3,(H,19,21). The quantitative estimate of drug-likeness (QED) is 0.842. The number of aromatic nitrogens is 1. The second-order valence-corrected chi connectivity index (χ2v) is 5.85. The number of hydrazone groups is 1. The Kier molecular flexibility index (Phi) is 2.47. The number of hydrogen-bond acceptors (Lipinski definition) is 3. The fraction of sp³-hybridized carbons (Fsp3) is 0.333. The minimum atomic E-state index is -0.421. The first kappa shape index (κ1) is 12.5. The number of halogens is 1. The lowest BCUT2D eigenvalue weighted by Crippen LogP contribution is -2.40. The molecule has 2 aliphatic heterocycles. The van der Waals surface area contributed by atoms with Crippen LogP contribution >= 0.6 is 0 Å². The molecule has 2 aromatic rings. The molecule has 1 amide bonds. The van der Waals surface area contributed by atoms with Gasteiger partial charge in [-0.25, -0.2) is 9.82 Å². The molecular formula is C15H15FN4O. The summed E-state index contributed by atoms with van der Waals surface area (Å²) in [6.07, 6.45) is 0. The lowest BCUT2D eigenvalue weighted by atomic mass is 9.97. The monoisotopic (exact) mass is 286 g/mol. The van der Waals surface area contributed by atoms with Crippen molar-refractivity contribution in [3.63, 3.8) is 0 Å². The minimum Gasteiger partial charge on any atom is -0.357 e. The molecule has 0 unspecified atom stereocenters. The second-order valence-electron chi connectivity index (χ2n) is 5.85. The van der Waals surface area contributed by atoms with E-state index < -0.39 is 5.82 Å². The predicted molar refractivity (Wildman–Crippen MR) is 77.8 cm³/mol. The largest absolute Gasteiger partial charge is 0.357 e. The van der Waals surface area contributed by atoms with E-state index in [1.165, 1.54) is 12.1 Å². The smallest absolute Gasteiger partial charge is 0.272 e. The van der Waals surface area contributed by atoms with Crippen LogP contribution in [0.4, 0.5) is 4.39 Å². The van der Waals surface area contributed by atoms with Crippen LogP contribution in [0.25, 0.3) is 10.9 Å². The fourth-order valence-corrected chi connectivity index (χ4v) is 3.13. The van der Waals surface area contributed by atoms with Gasteiger partial charge in [0, 0.05) is 35.8 Å². The first-order chi connectivity index (χ1) is 10.0. The van der Waals surface area contributed by atoms with Crippen molar-refractivity contribution in [2.75, 3.05) is 6.54 Å². The zero-order valence-electron chi connectivity index (χ0n) is 11.8. The summed E-state index contributed by atoms with van der Waals surface area (Å²) in [5.41, 5.74) is 6.31. The van der Waals surface area contributed by atoms with Crippen LogP contribution in [0.5, 0.6) is 0 Å².